The number of hydrogen-bond donors (Lipinski definition) is 0. The molecule has 0 aliphatic heterocycles. The van der Waals surface area contributed by atoms with Crippen LogP contribution in [0.1, 0.15) is 20.7 Å². The summed E-state index contributed by atoms with van der Waals surface area (Å²) >= 11 is 0. The van der Waals surface area contributed by atoms with Gasteiger partial charge in [0.15, 0.2) is 13.2 Å². The van der Waals surface area contributed by atoms with Gasteiger partial charge in [-0.25, -0.2) is 9.59 Å². The first-order valence-electron chi connectivity index (χ1n) is 8.02. The van der Waals surface area contributed by atoms with E-state index in [1.165, 1.54) is 48.5 Å². The molecule has 30 heavy (non-hydrogen) atoms. The van der Waals surface area contributed by atoms with E-state index in [0.717, 1.165) is 0 Å². The predicted molar refractivity (Wildman–Crippen MR) is 89.7 cm³/mol. The van der Waals surface area contributed by atoms with Gasteiger partial charge < -0.3 is 9.47 Å². The number of rotatable bonds is 6. The minimum absolute atomic E-state index is 0.111. The van der Waals surface area contributed by atoms with Crippen molar-refractivity contribution >= 4 is 23.3 Å². The zero-order valence-electron chi connectivity index (χ0n) is 14.8. The molecule has 160 valence electrons. The Morgan fingerprint density at radius 1 is 0.633 bits per heavy atom. The molecule has 6 nitrogen and oxygen atoms in total. The van der Waals surface area contributed by atoms with Gasteiger partial charge >= 0.3 is 24.3 Å². The van der Waals surface area contributed by atoms with E-state index in [2.05, 4.69) is 19.7 Å². The fourth-order valence-electron chi connectivity index (χ4n) is 1.91. The fraction of sp³-hybridized carbons (Fsp3) is 0.222. The van der Waals surface area contributed by atoms with Crippen LogP contribution < -0.4 is 0 Å². The molecule has 2 aromatic carbocycles. The highest BCUT2D eigenvalue weighted by atomic mass is 19.4. The van der Waals surface area contributed by atoms with Gasteiger partial charge in [-0.05, 0) is 48.5 Å². The lowest BCUT2D eigenvalue weighted by Gasteiger charge is -2.07. The van der Waals surface area contributed by atoms with Crippen molar-refractivity contribution in [1.82, 2.24) is 0 Å². The normalized spacial score (nSPS) is 12.1. The minimum Gasteiger partial charge on any atom is -0.452 e. The molecule has 0 heterocycles. The molecule has 0 aromatic heterocycles. The van der Waals surface area contributed by atoms with Crippen molar-refractivity contribution in [3.8, 4) is 0 Å². The first-order valence-corrected chi connectivity index (χ1v) is 8.02. The standard InChI is InChI=1S/C18H12F6N2O4/c19-17(20,21)9-29-15(27)11-1-5-13(6-2-11)25-26-14-7-3-12(4-8-14)16(28)30-10-18(22,23)24/h1-8H,9-10H2. The zero-order chi connectivity index (χ0) is 22.4. The van der Waals surface area contributed by atoms with Gasteiger partial charge in [-0.2, -0.15) is 36.6 Å². The highest BCUT2D eigenvalue weighted by Gasteiger charge is 2.30. The Morgan fingerprint density at radius 2 is 0.933 bits per heavy atom. The van der Waals surface area contributed by atoms with Gasteiger partial charge in [0.2, 0.25) is 0 Å². The van der Waals surface area contributed by atoms with E-state index in [0.29, 0.717) is 0 Å². The van der Waals surface area contributed by atoms with Gasteiger partial charge in [0.25, 0.3) is 0 Å². The number of carbonyl (C=O) groups excluding carboxylic acids is 2. The summed E-state index contributed by atoms with van der Waals surface area (Å²) in [4.78, 5) is 23.0. The fourth-order valence-corrected chi connectivity index (χ4v) is 1.91. The summed E-state index contributed by atoms with van der Waals surface area (Å²) in [7, 11) is 0. The average molecular weight is 434 g/mol. The molecule has 0 bridgehead atoms. The Bertz CT molecular complexity index is 831. The molecule has 0 spiro atoms. The Kier molecular flexibility index (Phi) is 7.14. The molecule has 0 radical (unpaired) electrons. The van der Waals surface area contributed by atoms with Gasteiger partial charge in [0.05, 0.1) is 22.5 Å². The molecule has 0 unspecified atom stereocenters. The third-order valence-electron chi connectivity index (χ3n) is 3.22. The van der Waals surface area contributed by atoms with Crippen LogP contribution >= 0.6 is 0 Å². The van der Waals surface area contributed by atoms with Crippen LogP contribution in [-0.4, -0.2) is 37.5 Å². The monoisotopic (exact) mass is 434 g/mol. The van der Waals surface area contributed by atoms with Crippen LogP contribution in [0.25, 0.3) is 0 Å². The van der Waals surface area contributed by atoms with Crippen LogP contribution in [-0.2, 0) is 9.47 Å². The molecule has 0 saturated heterocycles. The molecule has 0 fully saturated rings. The maximum absolute atomic E-state index is 12.0. The van der Waals surface area contributed by atoms with Crippen LogP contribution in [0, 0.1) is 0 Å². The number of benzene rings is 2. The first-order chi connectivity index (χ1) is 13.9. The van der Waals surface area contributed by atoms with Crippen molar-refractivity contribution in [2.75, 3.05) is 13.2 Å². The lowest BCUT2D eigenvalue weighted by molar-refractivity contribution is -0.161. The number of nitrogens with zero attached hydrogens (tertiary/aromatic N) is 2. The topological polar surface area (TPSA) is 77.3 Å². The molecule has 0 aliphatic carbocycles. The third-order valence-corrected chi connectivity index (χ3v) is 3.22. The average Bonchev–Trinajstić information content (AvgIpc) is 2.68. The van der Waals surface area contributed by atoms with Gasteiger partial charge in [0, 0.05) is 0 Å². The summed E-state index contributed by atoms with van der Waals surface area (Å²) in [5, 5.41) is 7.67. The molecule has 2 rings (SSSR count). The van der Waals surface area contributed by atoms with E-state index < -0.39 is 37.5 Å². The second-order valence-corrected chi connectivity index (χ2v) is 5.68. The summed E-state index contributed by atoms with van der Waals surface area (Å²) in [5.74, 6) is -2.30. The zero-order valence-corrected chi connectivity index (χ0v) is 14.8. The van der Waals surface area contributed by atoms with Gasteiger partial charge in [-0.1, -0.05) is 0 Å². The first kappa shape index (κ1) is 22.8. The molecule has 0 saturated carbocycles. The lowest BCUT2D eigenvalue weighted by atomic mass is 10.2. The van der Waals surface area contributed by atoms with E-state index >= 15 is 0 Å². The van der Waals surface area contributed by atoms with E-state index in [9.17, 15) is 35.9 Å². The molecule has 12 heteroatoms. The van der Waals surface area contributed by atoms with Crippen molar-refractivity contribution in [2.45, 2.75) is 12.4 Å². The highest BCUT2D eigenvalue weighted by molar-refractivity contribution is 5.90. The van der Waals surface area contributed by atoms with Crippen molar-refractivity contribution in [3.05, 3.63) is 59.7 Å². The van der Waals surface area contributed by atoms with Gasteiger partial charge in [0.1, 0.15) is 0 Å². The number of carbonyl (C=O) groups is 2. The van der Waals surface area contributed by atoms with E-state index in [4.69, 9.17) is 0 Å². The maximum atomic E-state index is 12.0. The number of halogens is 6. The lowest BCUT2D eigenvalue weighted by Crippen LogP contribution is -2.20. The molecule has 0 N–H and O–H groups in total. The summed E-state index contributed by atoms with van der Waals surface area (Å²) < 4.78 is 80.4. The number of esters is 2. The van der Waals surface area contributed by atoms with Crippen molar-refractivity contribution in [2.24, 2.45) is 10.2 Å². The summed E-state index contributed by atoms with van der Waals surface area (Å²) in [6.07, 6.45) is -9.26. The smallest absolute Gasteiger partial charge is 0.422 e. The summed E-state index contributed by atoms with van der Waals surface area (Å²) in [5.41, 5.74) is 0.298. The summed E-state index contributed by atoms with van der Waals surface area (Å²) in [6, 6.07) is 10.1. The Labute approximate surface area is 165 Å². The number of hydrogen-bond acceptors (Lipinski definition) is 6. The van der Waals surface area contributed by atoms with Gasteiger partial charge in [-0.15, -0.1) is 0 Å². The van der Waals surface area contributed by atoms with E-state index in [-0.39, 0.29) is 22.5 Å². The number of ether oxygens (including phenoxy) is 2. The number of alkyl halides is 6. The van der Waals surface area contributed by atoms with Gasteiger partial charge in [-0.3, -0.25) is 0 Å². The highest BCUT2D eigenvalue weighted by Crippen LogP contribution is 2.21. The molecule has 2 aromatic rings. The van der Waals surface area contributed by atoms with Crippen LogP contribution in [0.5, 0.6) is 0 Å². The second kappa shape index (κ2) is 9.37. The van der Waals surface area contributed by atoms with Crippen molar-refractivity contribution in [1.29, 1.82) is 0 Å². The van der Waals surface area contributed by atoms with Crippen LogP contribution in [0.2, 0.25) is 0 Å². The third kappa shape index (κ3) is 7.89. The summed E-state index contributed by atoms with van der Waals surface area (Å²) in [6.45, 7) is -3.40. The molecule has 0 aliphatic rings. The van der Waals surface area contributed by atoms with E-state index in [1.807, 2.05) is 0 Å². The van der Waals surface area contributed by atoms with Crippen molar-refractivity contribution < 1.29 is 45.4 Å². The van der Waals surface area contributed by atoms with E-state index in [1.54, 1.807) is 0 Å². The minimum atomic E-state index is -4.63. The maximum Gasteiger partial charge on any atom is 0.422 e. The van der Waals surface area contributed by atoms with Crippen LogP contribution in [0.15, 0.2) is 58.8 Å². The van der Waals surface area contributed by atoms with Crippen molar-refractivity contribution in [3.63, 3.8) is 0 Å². The SMILES string of the molecule is O=C(OCC(F)(F)F)c1ccc(N=Nc2ccc(C(=O)OCC(F)(F)F)cc2)cc1. The Morgan fingerprint density at radius 3 is 1.20 bits per heavy atom. The molecular weight excluding hydrogens is 422 g/mol. The molecule has 0 amide bonds. The molecule has 0 atom stereocenters. The van der Waals surface area contributed by atoms with Crippen LogP contribution in [0.4, 0.5) is 37.7 Å². The number of azo groups is 1. The Hall–Kier alpha value is -3.44. The quantitative estimate of drug-likeness (QED) is 0.340. The Balaban J connectivity index is 1.94. The predicted octanol–water partition coefficient (Wildman–Crippen LogP) is 5.54. The second-order valence-electron chi connectivity index (χ2n) is 5.68. The largest absolute Gasteiger partial charge is 0.452 e. The molecular formula is C18H12F6N2O4. The van der Waals surface area contributed by atoms with Crippen LogP contribution in [0.3, 0.4) is 0 Å².